The molecule has 26 nitrogen and oxygen atoms in total. The van der Waals surface area contributed by atoms with Crippen LogP contribution in [-0.4, -0.2) is 246 Å². The molecular weight excluding hydrogens is 1120 g/mol. The highest BCUT2D eigenvalue weighted by Crippen LogP contribution is 2.67. The van der Waals surface area contributed by atoms with Gasteiger partial charge >= 0.3 is 10.4 Å². The highest BCUT2D eigenvalue weighted by molar-refractivity contribution is 7.80. The summed E-state index contributed by atoms with van der Waals surface area (Å²) in [5.41, 5.74) is 0.549. The summed E-state index contributed by atoms with van der Waals surface area (Å²) in [6, 6.07) is 0. The topological polar surface area (TPSA) is 399 Å². The third-order valence-corrected chi connectivity index (χ3v) is 20.8. The van der Waals surface area contributed by atoms with E-state index < -0.39 is 194 Å². The maximum atomic E-state index is 12.4. The molecule has 13 N–H and O–H groups in total. The van der Waals surface area contributed by atoms with Crippen LogP contribution in [0.5, 0.6) is 0 Å². The maximum absolute atomic E-state index is 12.4. The standard InChI is InChI=1S/C56H92O26S/c1-22(2)11-10-16-56(9,68)34-13-12-29-28-20-32(31-19-27(82-83(69,70)71)14-17-54(31,7)30(28)15-18-55(29,34)8)77-51-45(67)46(38(60)26(6)75-51)79-52-47(80-49-43(65)40(62)35(57)23(3)73-49)39(61)33(21-72-52)78-53-48(42(64)37(59)25(5)76-53)81-50-44(66)41(63)36(58)24(4)74-50/h11,15,23-29,31-53,57-68H,10,12-14,16-21H2,1-9H3,(H,69,70,71)/t23?,24?,25?,26?,27-,28?,29?,31?,32-,33?,34-,35?,36?,37?,38?,39?,40?,41?,42?,43?,44?,45?,46?,47?,48?,49?,50?,51?,52?,53?,54+,55-,56-/m0/s1. The summed E-state index contributed by atoms with van der Waals surface area (Å²) in [7, 11) is -4.85. The predicted octanol–water partition coefficient (Wildman–Crippen LogP) is -0.908. The number of allylic oxidation sites excluding steroid dienone is 4. The van der Waals surface area contributed by atoms with Gasteiger partial charge in [-0.05, 0) is 141 Å². The van der Waals surface area contributed by atoms with Gasteiger partial charge in [0.2, 0.25) is 0 Å². The van der Waals surface area contributed by atoms with Crippen molar-refractivity contribution in [1.29, 1.82) is 0 Å². The minimum Gasteiger partial charge on any atom is -0.390 e. The fraction of sp³-hybridized carbons (Fsp3) is 0.929. The number of rotatable bonds is 16. The lowest BCUT2D eigenvalue weighted by atomic mass is 9.47. The normalized spacial score (nSPS) is 52.1. The lowest BCUT2D eigenvalue weighted by molar-refractivity contribution is -0.397. The molecule has 0 aromatic rings. The van der Waals surface area contributed by atoms with Crippen LogP contribution in [-0.2, 0) is 62.0 Å². The summed E-state index contributed by atoms with van der Waals surface area (Å²) in [6.45, 7) is 15.5. The van der Waals surface area contributed by atoms with Crippen molar-refractivity contribution >= 4 is 10.4 Å². The van der Waals surface area contributed by atoms with Crippen LogP contribution in [0.3, 0.4) is 0 Å². The van der Waals surface area contributed by atoms with E-state index in [1.165, 1.54) is 38.8 Å². The molecule has 5 heterocycles. The Morgan fingerprint density at radius 1 is 0.614 bits per heavy atom. The molecule has 3 saturated carbocycles. The van der Waals surface area contributed by atoms with E-state index in [2.05, 4.69) is 26.0 Å². The molecule has 0 bridgehead atoms. The van der Waals surface area contributed by atoms with E-state index in [1.54, 1.807) is 0 Å². The van der Waals surface area contributed by atoms with Crippen molar-refractivity contribution in [3.63, 3.8) is 0 Å². The minimum atomic E-state index is -4.85. The minimum absolute atomic E-state index is 0.0241. The van der Waals surface area contributed by atoms with Gasteiger partial charge in [0.25, 0.3) is 0 Å². The highest BCUT2D eigenvalue weighted by Gasteiger charge is 2.63. The van der Waals surface area contributed by atoms with Gasteiger partial charge in [-0.2, -0.15) is 8.42 Å². The fourth-order valence-electron chi connectivity index (χ4n) is 15.5. The predicted molar refractivity (Wildman–Crippen MR) is 284 cm³/mol. The number of hydrogen-bond donors (Lipinski definition) is 13. The van der Waals surface area contributed by atoms with Gasteiger partial charge in [-0.1, -0.05) is 37.1 Å². The summed E-state index contributed by atoms with van der Waals surface area (Å²) < 4.78 is 101. The second kappa shape index (κ2) is 25.4. The zero-order valence-corrected chi connectivity index (χ0v) is 49.4. The average molecular weight is 1210 g/mol. The van der Waals surface area contributed by atoms with E-state index in [9.17, 15) is 74.2 Å². The molecule has 5 aliphatic heterocycles. The molecule has 27 unspecified atom stereocenters. The van der Waals surface area contributed by atoms with E-state index in [-0.39, 0.29) is 29.6 Å². The molecule has 9 rings (SSSR count). The third-order valence-electron chi connectivity index (χ3n) is 20.3. The molecule has 4 aliphatic carbocycles. The third kappa shape index (κ3) is 13.1. The van der Waals surface area contributed by atoms with E-state index in [4.69, 9.17) is 51.6 Å². The first-order valence-corrected chi connectivity index (χ1v) is 30.8. The van der Waals surface area contributed by atoms with Crippen molar-refractivity contribution in [2.24, 2.45) is 34.5 Å². The molecule has 0 radical (unpaired) electrons. The van der Waals surface area contributed by atoms with E-state index in [0.717, 1.165) is 25.7 Å². The van der Waals surface area contributed by atoms with E-state index >= 15 is 0 Å². The molecule has 27 heteroatoms. The molecule has 8 fully saturated rings. The Hall–Kier alpha value is -1.53. The largest absolute Gasteiger partial charge is 0.397 e. The Bertz CT molecular complexity index is 2380. The van der Waals surface area contributed by atoms with Gasteiger partial charge in [0.05, 0.1) is 48.8 Å². The number of hydrogen-bond acceptors (Lipinski definition) is 25. The van der Waals surface area contributed by atoms with Gasteiger partial charge in [-0.15, -0.1) is 0 Å². The van der Waals surface area contributed by atoms with Crippen LogP contribution in [0.1, 0.15) is 120 Å². The Morgan fingerprint density at radius 3 is 1.71 bits per heavy atom. The highest BCUT2D eigenvalue weighted by atomic mass is 32.3. The summed E-state index contributed by atoms with van der Waals surface area (Å²) >= 11 is 0. The van der Waals surface area contributed by atoms with Crippen molar-refractivity contribution in [1.82, 2.24) is 0 Å². The first-order chi connectivity index (χ1) is 38.8. The molecule has 9 aliphatic rings. The monoisotopic (exact) mass is 1210 g/mol. The fourth-order valence-corrected chi connectivity index (χ4v) is 16.0. The average Bonchev–Trinajstić information content (AvgIpc) is 2.27. The van der Waals surface area contributed by atoms with Gasteiger partial charge in [0, 0.05) is 0 Å². The zero-order chi connectivity index (χ0) is 60.7. The van der Waals surface area contributed by atoms with Crippen molar-refractivity contribution in [2.45, 2.75) is 285 Å². The lowest BCUT2D eigenvalue weighted by Gasteiger charge is -2.60. The van der Waals surface area contributed by atoms with Crippen LogP contribution in [0.4, 0.5) is 0 Å². The quantitative estimate of drug-likeness (QED) is 0.0657. The van der Waals surface area contributed by atoms with Gasteiger partial charge < -0.3 is 109 Å². The van der Waals surface area contributed by atoms with Crippen molar-refractivity contribution in [2.75, 3.05) is 6.61 Å². The number of aliphatic hydroxyl groups is 12. The smallest absolute Gasteiger partial charge is 0.390 e. The van der Waals surface area contributed by atoms with Crippen LogP contribution in [0.25, 0.3) is 0 Å². The number of ether oxygens (including phenoxy) is 10. The van der Waals surface area contributed by atoms with Crippen molar-refractivity contribution < 1.29 is 126 Å². The number of fused-ring (bicyclic) bond motifs is 5. The Balaban J connectivity index is 0.978. The summed E-state index contributed by atoms with van der Waals surface area (Å²) in [5.74, 6) is -0.423. The molecular formula is C56H92O26S. The molecule has 0 amide bonds. The van der Waals surface area contributed by atoms with E-state index in [0.29, 0.717) is 25.7 Å². The Labute approximate surface area is 484 Å². The first kappa shape index (κ1) is 65.9. The lowest BCUT2D eigenvalue weighted by Crippen LogP contribution is -2.66. The first-order valence-electron chi connectivity index (χ1n) is 29.5. The number of aliphatic hydroxyl groups excluding tert-OH is 11. The van der Waals surface area contributed by atoms with Gasteiger partial charge in [-0.3, -0.25) is 4.55 Å². The Morgan fingerprint density at radius 2 is 1.13 bits per heavy atom. The zero-order valence-electron chi connectivity index (χ0n) is 48.6. The second-order valence-corrected chi connectivity index (χ2v) is 27.2. The summed E-state index contributed by atoms with van der Waals surface area (Å²) in [6.07, 6.45) is -31.1. The summed E-state index contributed by atoms with van der Waals surface area (Å²) in [5, 5.41) is 135. The van der Waals surface area contributed by atoms with Crippen LogP contribution >= 0.6 is 0 Å². The van der Waals surface area contributed by atoms with Crippen molar-refractivity contribution in [3.05, 3.63) is 23.3 Å². The Kier molecular flexibility index (Phi) is 20.2. The van der Waals surface area contributed by atoms with Crippen LogP contribution in [0, 0.1) is 34.5 Å². The maximum Gasteiger partial charge on any atom is 0.397 e. The van der Waals surface area contributed by atoms with Crippen LogP contribution in [0.2, 0.25) is 0 Å². The molecule has 0 spiro atoms. The van der Waals surface area contributed by atoms with Crippen molar-refractivity contribution in [3.8, 4) is 0 Å². The molecule has 0 aromatic carbocycles. The molecule has 478 valence electrons. The van der Waals surface area contributed by atoms with Crippen LogP contribution in [0.15, 0.2) is 23.3 Å². The van der Waals surface area contributed by atoms with Gasteiger partial charge in [0.15, 0.2) is 31.5 Å². The van der Waals surface area contributed by atoms with E-state index in [1.807, 2.05) is 20.8 Å². The molecule has 33 atom stereocenters. The molecule has 5 saturated heterocycles. The van der Waals surface area contributed by atoms with Gasteiger partial charge in [0.1, 0.15) is 91.6 Å². The molecule has 0 aromatic heterocycles. The molecule has 83 heavy (non-hydrogen) atoms. The van der Waals surface area contributed by atoms with Crippen LogP contribution < -0.4 is 0 Å². The summed E-state index contributed by atoms with van der Waals surface area (Å²) in [4.78, 5) is 0. The SMILES string of the molecule is CC(C)=CCC[C@](C)(O)[C@H]1CCC2C3C[C@H](OC4OC(C)C(O)C(OC5OCC(OC6OC(C)C(O)C(O)C6OC6OC(C)C(O)C(O)C6O)C(O)C5OC5OC(C)C(O)C(O)C5O)C4O)C4C[C@@H](OS(=O)(=O)O)CC[C@]4(C)C3=CC[C@@]21C. The second-order valence-electron chi connectivity index (χ2n) is 26.2. The van der Waals surface area contributed by atoms with Gasteiger partial charge in [-0.25, -0.2) is 4.18 Å².